The maximum absolute atomic E-state index is 12.2. The van der Waals surface area contributed by atoms with Crippen LogP contribution in [0.5, 0.6) is 5.75 Å². The van der Waals surface area contributed by atoms with Crippen molar-refractivity contribution in [3.63, 3.8) is 0 Å². The molecule has 0 saturated heterocycles. The molecule has 2 rings (SSSR count). The van der Waals surface area contributed by atoms with Gasteiger partial charge in [0.25, 0.3) is 5.91 Å². The van der Waals surface area contributed by atoms with Crippen LogP contribution in [0, 0.1) is 12.8 Å². The lowest BCUT2D eigenvalue weighted by atomic mass is 9.86. The molecule has 1 saturated carbocycles. The lowest BCUT2D eigenvalue weighted by Crippen LogP contribution is -2.43. The highest BCUT2D eigenvalue weighted by atomic mass is 35.5. The number of hydrogen-bond donors (Lipinski definition) is 1. The monoisotopic (exact) mass is 337 g/mol. The molecule has 23 heavy (non-hydrogen) atoms. The Hall–Kier alpha value is -1.22. The molecule has 1 N–H and O–H groups in total. The van der Waals surface area contributed by atoms with Crippen molar-refractivity contribution in [1.82, 2.24) is 5.32 Å². The number of rotatable bonds is 5. The van der Waals surface area contributed by atoms with E-state index in [1.54, 1.807) is 0 Å². The number of aryl methyl sites for hydroxylation is 1. The summed E-state index contributed by atoms with van der Waals surface area (Å²) in [6, 6.07) is 4.16. The van der Waals surface area contributed by atoms with Gasteiger partial charge in [0.1, 0.15) is 5.75 Å². The second-order valence-electron chi connectivity index (χ2n) is 7.02. The molecule has 1 aromatic carbocycles. The molecule has 3 nitrogen and oxygen atoms in total. The van der Waals surface area contributed by atoms with Crippen LogP contribution in [0.3, 0.4) is 0 Å². The Morgan fingerprint density at radius 1 is 1.35 bits per heavy atom. The van der Waals surface area contributed by atoms with Crippen molar-refractivity contribution in [2.75, 3.05) is 6.61 Å². The topological polar surface area (TPSA) is 38.3 Å². The van der Waals surface area contributed by atoms with E-state index >= 15 is 0 Å². The Bertz CT molecular complexity index is 557. The predicted octanol–water partition coefficient (Wildman–Crippen LogP) is 4.85. The zero-order chi connectivity index (χ0) is 17.0. The summed E-state index contributed by atoms with van der Waals surface area (Å²) in [5.41, 5.74) is 2.01. The third-order valence-electron chi connectivity index (χ3n) is 4.73. The minimum absolute atomic E-state index is 0.0361. The van der Waals surface area contributed by atoms with Crippen molar-refractivity contribution >= 4 is 17.5 Å². The summed E-state index contributed by atoms with van der Waals surface area (Å²) in [5.74, 6) is 1.57. The Morgan fingerprint density at radius 3 is 2.70 bits per heavy atom. The van der Waals surface area contributed by atoms with Crippen LogP contribution in [0.2, 0.25) is 5.02 Å². The van der Waals surface area contributed by atoms with E-state index < -0.39 is 0 Å². The van der Waals surface area contributed by atoms with Gasteiger partial charge in [-0.2, -0.15) is 0 Å². The van der Waals surface area contributed by atoms with E-state index in [0.717, 1.165) is 28.3 Å². The average molecular weight is 338 g/mol. The highest BCUT2D eigenvalue weighted by Crippen LogP contribution is 2.32. The molecule has 0 bridgehead atoms. The van der Waals surface area contributed by atoms with Crippen molar-refractivity contribution in [3.8, 4) is 5.75 Å². The van der Waals surface area contributed by atoms with Gasteiger partial charge in [0, 0.05) is 11.1 Å². The van der Waals surface area contributed by atoms with Crippen LogP contribution < -0.4 is 10.1 Å². The zero-order valence-electron chi connectivity index (χ0n) is 14.6. The van der Waals surface area contributed by atoms with E-state index in [9.17, 15) is 4.79 Å². The predicted molar refractivity (Wildman–Crippen MR) is 95.3 cm³/mol. The maximum atomic E-state index is 12.2. The van der Waals surface area contributed by atoms with Gasteiger partial charge in [-0.3, -0.25) is 4.79 Å². The van der Waals surface area contributed by atoms with Crippen LogP contribution in [0.1, 0.15) is 63.5 Å². The normalized spacial score (nSPS) is 21.3. The first-order valence-electron chi connectivity index (χ1n) is 8.60. The highest BCUT2D eigenvalue weighted by Gasteiger charge is 2.23. The summed E-state index contributed by atoms with van der Waals surface area (Å²) in [4.78, 5) is 12.2. The van der Waals surface area contributed by atoms with Crippen molar-refractivity contribution < 1.29 is 9.53 Å². The minimum atomic E-state index is -0.0361. The number of halogens is 1. The molecule has 0 heterocycles. The fourth-order valence-corrected chi connectivity index (χ4v) is 3.34. The Balaban J connectivity index is 1.97. The summed E-state index contributed by atoms with van der Waals surface area (Å²) in [7, 11) is 0. The van der Waals surface area contributed by atoms with Crippen LogP contribution >= 0.6 is 11.6 Å². The van der Waals surface area contributed by atoms with Gasteiger partial charge in [0.2, 0.25) is 0 Å². The lowest BCUT2D eigenvalue weighted by Gasteiger charge is -2.29. The van der Waals surface area contributed by atoms with E-state index in [0.29, 0.717) is 11.8 Å². The fourth-order valence-electron chi connectivity index (χ4n) is 3.17. The second-order valence-corrected chi connectivity index (χ2v) is 7.43. The first-order valence-corrected chi connectivity index (χ1v) is 8.98. The number of carbonyl (C=O) groups is 1. The summed E-state index contributed by atoms with van der Waals surface area (Å²) < 4.78 is 5.80. The third kappa shape index (κ3) is 4.87. The molecule has 4 heteroatoms. The molecule has 1 amide bonds. The molecule has 1 aliphatic rings. The van der Waals surface area contributed by atoms with Gasteiger partial charge in [-0.15, -0.1) is 0 Å². The highest BCUT2D eigenvalue weighted by molar-refractivity contribution is 6.31. The van der Waals surface area contributed by atoms with Gasteiger partial charge in [-0.05, 0) is 54.9 Å². The maximum Gasteiger partial charge on any atom is 0.258 e. The van der Waals surface area contributed by atoms with Crippen molar-refractivity contribution in [1.29, 1.82) is 0 Å². The van der Waals surface area contributed by atoms with Gasteiger partial charge < -0.3 is 10.1 Å². The summed E-state index contributed by atoms with van der Waals surface area (Å²) in [6.45, 7) is 8.41. The smallest absolute Gasteiger partial charge is 0.258 e. The molecule has 0 aromatic heterocycles. The Labute approximate surface area is 144 Å². The fraction of sp³-hybridized carbons (Fsp3) is 0.632. The average Bonchev–Trinajstić information content (AvgIpc) is 2.50. The largest absolute Gasteiger partial charge is 0.483 e. The molecule has 0 unspecified atom stereocenters. The van der Waals surface area contributed by atoms with E-state index in [1.165, 1.54) is 19.3 Å². The number of amides is 1. The van der Waals surface area contributed by atoms with Crippen molar-refractivity contribution in [2.45, 2.75) is 65.3 Å². The number of carbonyl (C=O) groups excluding carboxylic acids is 1. The van der Waals surface area contributed by atoms with Gasteiger partial charge in [0.15, 0.2) is 6.61 Å². The number of nitrogens with one attached hydrogen (secondary N) is 1. The molecule has 0 radical (unpaired) electrons. The van der Waals surface area contributed by atoms with Crippen molar-refractivity contribution in [2.24, 2.45) is 5.92 Å². The van der Waals surface area contributed by atoms with E-state index in [4.69, 9.17) is 16.3 Å². The van der Waals surface area contributed by atoms with E-state index in [2.05, 4.69) is 26.1 Å². The summed E-state index contributed by atoms with van der Waals surface area (Å²) in [6.07, 6.45) is 4.74. The molecule has 1 aromatic rings. The Morgan fingerprint density at radius 2 is 2.04 bits per heavy atom. The van der Waals surface area contributed by atoms with Gasteiger partial charge in [-0.1, -0.05) is 45.2 Å². The third-order valence-corrected chi connectivity index (χ3v) is 5.14. The van der Waals surface area contributed by atoms with Crippen LogP contribution in [0.25, 0.3) is 0 Å². The number of benzene rings is 1. The SMILES string of the molecule is Cc1cc(OCC(=O)N[C@H]2CCCC[C@@H]2C)c(C(C)C)cc1Cl. The van der Waals surface area contributed by atoms with E-state index in [-0.39, 0.29) is 18.6 Å². The van der Waals surface area contributed by atoms with Gasteiger partial charge >= 0.3 is 0 Å². The molecular formula is C19H28ClNO2. The van der Waals surface area contributed by atoms with Gasteiger partial charge in [-0.25, -0.2) is 0 Å². The first-order chi connectivity index (χ1) is 10.9. The molecule has 128 valence electrons. The van der Waals surface area contributed by atoms with Crippen LogP contribution in [0.4, 0.5) is 0 Å². The van der Waals surface area contributed by atoms with Crippen LogP contribution in [-0.4, -0.2) is 18.6 Å². The number of ether oxygens (including phenoxy) is 1. The van der Waals surface area contributed by atoms with Crippen molar-refractivity contribution in [3.05, 3.63) is 28.3 Å². The molecule has 2 atom stereocenters. The zero-order valence-corrected chi connectivity index (χ0v) is 15.4. The van der Waals surface area contributed by atoms with Crippen LogP contribution in [0.15, 0.2) is 12.1 Å². The Kier molecular flexibility index (Phi) is 6.34. The molecule has 1 aliphatic carbocycles. The van der Waals surface area contributed by atoms with Crippen LogP contribution in [-0.2, 0) is 4.79 Å². The second kappa shape index (κ2) is 8.05. The first kappa shape index (κ1) is 18.1. The minimum Gasteiger partial charge on any atom is -0.483 e. The molecule has 0 aliphatic heterocycles. The molecule has 0 spiro atoms. The summed E-state index contributed by atoms with van der Waals surface area (Å²) >= 11 is 6.20. The molecular weight excluding hydrogens is 310 g/mol. The van der Waals surface area contributed by atoms with Gasteiger partial charge in [0.05, 0.1) is 0 Å². The standard InChI is InChI=1S/C19H28ClNO2/c1-12(2)15-10-16(20)14(4)9-18(15)23-11-19(22)21-17-8-6-5-7-13(17)3/h9-10,12-13,17H,5-8,11H2,1-4H3,(H,21,22)/t13-,17-/m0/s1. The van der Waals surface area contributed by atoms with E-state index in [1.807, 2.05) is 19.1 Å². The lowest BCUT2D eigenvalue weighted by molar-refractivity contribution is -0.124. The number of hydrogen-bond acceptors (Lipinski definition) is 2. The molecule has 1 fully saturated rings. The quantitative estimate of drug-likeness (QED) is 0.834. The summed E-state index contributed by atoms with van der Waals surface area (Å²) in [5, 5.41) is 3.86.